The van der Waals surface area contributed by atoms with Gasteiger partial charge < -0.3 is 4.74 Å². The molecule has 0 N–H and O–H groups in total. The zero-order chi connectivity index (χ0) is 17.2. The molecule has 0 fully saturated rings. The summed E-state index contributed by atoms with van der Waals surface area (Å²) in [6.45, 7) is 0. The molecule has 3 aromatic rings. The molecule has 1 unspecified atom stereocenters. The normalized spacial score (nSPS) is 16.8. The molecule has 0 radical (unpaired) electrons. The van der Waals surface area contributed by atoms with Gasteiger partial charge in [0.25, 0.3) is 0 Å². The highest BCUT2D eigenvalue weighted by atomic mass is 79.9. The molecule has 1 aromatic heterocycles. The van der Waals surface area contributed by atoms with Gasteiger partial charge in [0.1, 0.15) is 5.75 Å². The van der Waals surface area contributed by atoms with Crippen LogP contribution in [0.4, 0.5) is 5.69 Å². The van der Waals surface area contributed by atoms with Crippen LogP contribution in [0, 0.1) is 0 Å². The molecule has 2 heterocycles. The van der Waals surface area contributed by atoms with Gasteiger partial charge in [0.2, 0.25) is 0 Å². The van der Waals surface area contributed by atoms with Crippen molar-refractivity contribution in [2.24, 2.45) is 5.10 Å². The van der Waals surface area contributed by atoms with Gasteiger partial charge in [0, 0.05) is 16.5 Å². The Balaban J connectivity index is 1.78. The highest BCUT2D eigenvalue weighted by Crippen LogP contribution is 2.40. The zero-order valence-electron chi connectivity index (χ0n) is 13.7. The molecule has 2 aromatic carbocycles. The van der Waals surface area contributed by atoms with E-state index in [2.05, 4.69) is 62.7 Å². The van der Waals surface area contributed by atoms with Crippen LogP contribution in [0.15, 0.2) is 75.6 Å². The van der Waals surface area contributed by atoms with Crippen molar-refractivity contribution < 1.29 is 4.74 Å². The second kappa shape index (κ2) is 7.02. The number of hydrogen-bond donors (Lipinski definition) is 0. The van der Waals surface area contributed by atoms with E-state index in [1.165, 1.54) is 4.88 Å². The third kappa shape index (κ3) is 3.22. The van der Waals surface area contributed by atoms with Crippen LogP contribution >= 0.6 is 27.3 Å². The average molecular weight is 413 g/mol. The van der Waals surface area contributed by atoms with Crippen molar-refractivity contribution in [2.45, 2.75) is 12.5 Å². The van der Waals surface area contributed by atoms with Crippen molar-refractivity contribution in [3.05, 3.63) is 81.0 Å². The van der Waals surface area contributed by atoms with E-state index in [-0.39, 0.29) is 6.04 Å². The maximum Gasteiger partial charge on any atom is 0.124 e. The Morgan fingerprint density at radius 3 is 2.60 bits per heavy atom. The fourth-order valence-corrected chi connectivity index (χ4v) is 4.10. The fourth-order valence-electron chi connectivity index (χ4n) is 3.12. The number of hydrazone groups is 1. The second-order valence-electron chi connectivity index (χ2n) is 5.81. The number of benzene rings is 2. The summed E-state index contributed by atoms with van der Waals surface area (Å²) in [7, 11) is 1.72. The summed E-state index contributed by atoms with van der Waals surface area (Å²) >= 11 is 5.24. The first-order valence-corrected chi connectivity index (χ1v) is 9.72. The van der Waals surface area contributed by atoms with Crippen molar-refractivity contribution in [1.29, 1.82) is 0 Å². The summed E-state index contributed by atoms with van der Waals surface area (Å²) in [5, 5.41) is 9.16. The fraction of sp³-hybridized carbons (Fsp3) is 0.150. The molecule has 25 heavy (non-hydrogen) atoms. The first-order chi connectivity index (χ1) is 12.3. The summed E-state index contributed by atoms with van der Waals surface area (Å²) in [5.41, 5.74) is 3.35. The predicted molar refractivity (Wildman–Crippen MR) is 108 cm³/mol. The zero-order valence-corrected chi connectivity index (χ0v) is 16.1. The Hall–Kier alpha value is -2.11. The number of anilines is 1. The van der Waals surface area contributed by atoms with E-state index in [0.29, 0.717) is 0 Å². The molecule has 0 saturated heterocycles. The number of hydrogen-bond acceptors (Lipinski definition) is 4. The summed E-state index contributed by atoms with van der Waals surface area (Å²) in [5.74, 6) is 0.900. The lowest BCUT2D eigenvalue weighted by atomic mass is 10.00. The third-order valence-corrected chi connectivity index (χ3v) is 5.75. The van der Waals surface area contributed by atoms with E-state index in [1.807, 2.05) is 24.3 Å². The van der Waals surface area contributed by atoms with Gasteiger partial charge in [-0.3, -0.25) is 5.01 Å². The minimum atomic E-state index is 0.120. The molecule has 0 amide bonds. The summed E-state index contributed by atoms with van der Waals surface area (Å²) in [6.07, 6.45) is 0.858. The Bertz CT molecular complexity index is 890. The highest BCUT2D eigenvalue weighted by Gasteiger charge is 2.32. The van der Waals surface area contributed by atoms with E-state index in [0.717, 1.165) is 33.6 Å². The van der Waals surface area contributed by atoms with Gasteiger partial charge in [0.15, 0.2) is 0 Å². The summed E-state index contributed by atoms with van der Waals surface area (Å²) < 4.78 is 6.67. The largest absolute Gasteiger partial charge is 0.496 e. The van der Waals surface area contributed by atoms with Crippen LogP contribution in [-0.2, 0) is 0 Å². The topological polar surface area (TPSA) is 24.8 Å². The van der Waals surface area contributed by atoms with Crippen LogP contribution in [0.5, 0.6) is 5.75 Å². The highest BCUT2D eigenvalue weighted by molar-refractivity contribution is 9.10. The standard InChI is InChI=1S/C20H17BrN2OS/c1-24-19-6-3-2-5-16(19)18-13-17(20-7-4-12-25-20)22-23(18)15-10-8-14(21)9-11-15/h2-12,18H,13H2,1H3. The van der Waals surface area contributed by atoms with Crippen molar-refractivity contribution in [1.82, 2.24) is 0 Å². The molecule has 5 heteroatoms. The van der Waals surface area contributed by atoms with Gasteiger partial charge in [0.05, 0.1) is 29.4 Å². The monoisotopic (exact) mass is 412 g/mol. The first-order valence-electron chi connectivity index (χ1n) is 8.05. The van der Waals surface area contributed by atoms with Crippen LogP contribution in [0.1, 0.15) is 22.9 Å². The lowest BCUT2D eigenvalue weighted by molar-refractivity contribution is 0.405. The van der Waals surface area contributed by atoms with Gasteiger partial charge in [-0.1, -0.05) is 40.2 Å². The van der Waals surface area contributed by atoms with Crippen LogP contribution < -0.4 is 9.75 Å². The molecule has 0 saturated carbocycles. The number of nitrogens with zero attached hydrogens (tertiary/aromatic N) is 2. The van der Waals surface area contributed by atoms with E-state index < -0.39 is 0 Å². The predicted octanol–water partition coefficient (Wildman–Crippen LogP) is 5.87. The lowest BCUT2D eigenvalue weighted by Crippen LogP contribution is -2.19. The van der Waals surface area contributed by atoms with Crippen LogP contribution in [-0.4, -0.2) is 12.8 Å². The molecule has 4 rings (SSSR count). The van der Waals surface area contributed by atoms with Gasteiger partial charge in [-0.25, -0.2) is 0 Å². The summed E-state index contributed by atoms with van der Waals surface area (Å²) in [6, 6.07) is 20.8. The van der Waals surface area contributed by atoms with Gasteiger partial charge >= 0.3 is 0 Å². The number of halogens is 1. The van der Waals surface area contributed by atoms with E-state index in [4.69, 9.17) is 9.84 Å². The molecule has 1 aliphatic rings. The number of methoxy groups -OCH3 is 1. The van der Waals surface area contributed by atoms with Crippen molar-refractivity contribution in [3.63, 3.8) is 0 Å². The van der Waals surface area contributed by atoms with Gasteiger partial charge in [-0.2, -0.15) is 5.10 Å². The molecule has 1 aliphatic heterocycles. The SMILES string of the molecule is COc1ccccc1C1CC(c2cccs2)=NN1c1ccc(Br)cc1. The summed E-state index contributed by atoms with van der Waals surface area (Å²) in [4.78, 5) is 1.22. The van der Waals surface area contributed by atoms with Crippen molar-refractivity contribution in [3.8, 4) is 5.75 Å². The molecule has 1 atom stereocenters. The smallest absolute Gasteiger partial charge is 0.124 e. The quantitative estimate of drug-likeness (QED) is 0.534. The molecule has 3 nitrogen and oxygen atoms in total. The maximum absolute atomic E-state index is 5.60. The lowest BCUT2D eigenvalue weighted by Gasteiger charge is -2.25. The third-order valence-electron chi connectivity index (χ3n) is 4.31. The Morgan fingerprint density at radius 1 is 1.08 bits per heavy atom. The van der Waals surface area contributed by atoms with Crippen LogP contribution in [0.25, 0.3) is 0 Å². The minimum Gasteiger partial charge on any atom is -0.496 e. The minimum absolute atomic E-state index is 0.120. The number of ether oxygens (including phenoxy) is 1. The Morgan fingerprint density at radius 2 is 1.88 bits per heavy atom. The average Bonchev–Trinajstić information content (AvgIpc) is 3.32. The maximum atomic E-state index is 5.60. The van der Waals surface area contributed by atoms with E-state index in [1.54, 1.807) is 18.4 Å². The molecule has 0 bridgehead atoms. The van der Waals surface area contributed by atoms with E-state index >= 15 is 0 Å². The molecular formula is C20H17BrN2OS. The Kier molecular flexibility index (Phi) is 4.59. The number of thiophene rings is 1. The first kappa shape index (κ1) is 16.4. The van der Waals surface area contributed by atoms with Crippen molar-refractivity contribution in [2.75, 3.05) is 12.1 Å². The van der Waals surface area contributed by atoms with Crippen molar-refractivity contribution >= 4 is 38.7 Å². The molecule has 0 aliphatic carbocycles. The van der Waals surface area contributed by atoms with Gasteiger partial charge in [-0.05, 0) is 41.8 Å². The molecule has 126 valence electrons. The number of rotatable bonds is 4. The van der Waals surface area contributed by atoms with Crippen LogP contribution in [0.3, 0.4) is 0 Å². The molecule has 0 spiro atoms. The molecular weight excluding hydrogens is 396 g/mol. The number of para-hydroxylation sites is 1. The second-order valence-corrected chi connectivity index (χ2v) is 7.67. The van der Waals surface area contributed by atoms with E-state index in [9.17, 15) is 0 Å². The van der Waals surface area contributed by atoms with Gasteiger partial charge in [-0.15, -0.1) is 11.3 Å². The Labute approximate surface area is 159 Å². The van der Waals surface area contributed by atoms with Crippen LogP contribution in [0.2, 0.25) is 0 Å².